The quantitative estimate of drug-likeness (QED) is 0.774. The van der Waals surface area contributed by atoms with Gasteiger partial charge in [0, 0.05) is 0 Å². The smallest absolute Gasteiger partial charge is 0.194 e. The van der Waals surface area contributed by atoms with E-state index in [1.807, 2.05) is 0 Å². The Morgan fingerprint density at radius 3 is 2.92 bits per heavy atom. The molecule has 0 unspecified atom stereocenters. The van der Waals surface area contributed by atoms with Crippen LogP contribution < -0.4 is 0 Å². The lowest BCUT2D eigenvalue weighted by atomic mass is 10.3. The van der Waals surface area contributed by atoms with E-state index in [-0.39, 0.29) is 6.61 Å². The molecule has 0 bridgehead atoms. The van der Waals surface area contributed by atoms with Crippen LogP contribution >= 0.6 is 11.6 Å². The normalized spacial score (nSPS) is 10.6. The first-order chi connectivity index (χ1) is 6.29. The van der Waals surface area contributed by atoms with E-state index in [4.69, 9.17) is 21.1 Å². The predicted octanol–water partition coefficient (Wildman–Crippen LogP) is 1.82. The number of aliphatic hydroxyl groups is 1. The topological polar surface area (TPSA) is 62.1 Å². The fourth-order valence-corrected chi connectivity index (χ4v) is 1.17. The van der Waals surface area contributed by atoms with Crippen LogP contribution in [0.25, 0.3) is 11.5 Å². The highest BCUT2D eigenvalue weighted by Crippen LogP contribution is 2.23. The second-order valence-corrected chi connectivity index (χ2v) is 2.91. The molecular formula is C8H7ClN2O2. The van der Waals surface area contributed by atoms with Gasteiger partial charge < -0.3 is 9.52 Å². The maximum absolute atomic E-state index is 8.78. The third kappa shape index (κ3) is 1.59. The highest BCUT2D eigenvalue weighted by molar-refractivity contribution is 6.28. The molecule has 2 heterocycles. The molecule has 0 aromatic carbocycles. The highest BCUT2D eigenvalue weighted by atomic mass is 35.5. The summed E-state index contributed by atoms with van der Waals surface area (Å²) in [6, 6.07) is 5.07. The Balaban J connectivity index is 2.35. The number of aliphatic hydroxyl groups excluding tert-OH is 1. The van der Waals surface area contributed by atoms with Crippen LogP contribution in [0.15, 0.2) is 22.6 Å². The minimum atomic E-state index is -0.0680. The van der Waals surface area contributed by atoms with Crippen molar-refractivity contribution in [1.29, 1.82) is 0 Å². The average Bonchev–Trinajstić information content (AvgIpc) is 2.71. The van der Waals surface area contributed by atoms with Crippen molar-refractivity contribution < 1.29 is 9.52 Å². The monoisotopic (exact) mass is 198 g/mol. The van der Waals surface area contributed by atoms with E-state index < -0.39 is 0 Å². The van der Waals surface area contributed by atoms with Gasteiger partial charge in [0.1, 0.15) is 5.69 Å². The molecule has 2 rings (SSSR count). The number of H-pyrrole nitrogens is 1. The SMILES string of the molecule is OCc1cc(-c2ccc(Cl)o2)n[nH]1. The summed E-state index contributed by atoms with van der Waals surface area (Å²) in [6.45, 7) is -0.0680. The zero-order chi connectivity index (χ0) is 9.26. The van der Waals surface area contributed by atoms with Crippen molar-refractivity contribution in [3.05, 3.63) is 29.1 Å². The number of rotatable bonds is 2. The molecule has 2 aromatic heterocycles. The van der Waals surface area contributed by atoms with Gasteiger partial charge in [0.2, 0.25) is 0 Å². The number of furan rings is 1. The summed E-state index contributed by atoms with van der Waals surface area (Å²) in [5, 5.41) is 15.7. The Morgan fingerprint density at radius 1 is 1.54 bits per heavy atom. The van der Waals surface area contributed by atoms with E-state index >= 15 is 0 Å². The molecular weight excluding hydrogens is 192 g/mol. The highest BCUT2D eigenvalue weighted by Gasteiger charge is 2.06. The van der Waals surface area contributed by atoms with Gasteiger partial charge in [-0.2, -0.15) is 5.10 Å². The van der Waals surface area contributed by atoms with E-state index in [1.54, 1.807) is 18.2 Å². The number of hydrogen-bond acceptors (Lipinski definition) is 3. The van der Waals surface area contributed by atoms with E-state index in [0.717, 1.165) is 0 Å². The van der Waals surface area contributed by atoms with Crippen LogP contribution in [0.5, 0.6) is 0 Å². The fourth-order valence-electron chi connectivity index (χ4n) is 1.02. The Kier molecular flexibility index (Phi) is 2.08. The van der Waals surface area contributed by atoms with Gasteiger partial charge in [-0.15, -0.1) is 0 Å². The third-order valence-corrected chi connectivity index (χ3v) is 1.83. The third-order valence-electron chi connectivity index (χ3n) is 1.63. The number of halogens is 1. The first-order valence-corrected chi connectivity index (χ1v) is 4.08. The molecule has 0 saturated heterocycles. The molecule has 0 aliphatic carbocycles. The number of nitrogens with one attached hydrogen (secondary N) is 1. The van der Waals surface area contributed by atoms with Crippen molar-refractivity contribution in [2.75, 3.05) is 0 Å². The Hall–Kier alpha value is -1.26. The van der Waals surface area contributed by atoms with Crippen LogP contribution in [-0.2, 0) is 6.61 Å². The van der Waals surface area contributed by atoms with Crippen molar-refractivity contribution in [1.82, 2.24) is 10.2 Å². The van der Waals surface area contributed by atoms with Gasteiger partial charge in [0.25, 0.3) is 0 Å². The summed E-state index contributed by atoms with van der Waals surface area (Å²) >= 11 is 5.60. The molecule has 2 aromatic rings. The Bertz CT molecular complexity index is 408. The summed E-state index contributed by atoms with van der Waals surface area (Å²) in [7, 11) is 0. The van der Waals surface area contributed by atoms with Crippen molar-refractivity contribution >= 4 is 11.6 Å². The van der Waals surface area contributed by atoms with Gasteiger partial charge in [0.15, 0.2) is 11.0 Å². The predicted molar refractivity (Wildman–Crippen MR) is 47.2 cm³/mol. The molecule has 0 radical (unpaired) electrons. The lowest BCUT2D eigenvalue weighted by Gasteiger charge is -1.85. The molecule has 0 spiro atoms. The zero-order valence-electron chi connectivity index (χ0n) is 6.62. The molecule has 4 nitrogen and oxygen atoms in total. The van der Waals surface area contributed by atoms with Gasteiger partial charge in [0.05, 0.1) is 12.3 Å². The second-order valence-electron chi connectivity index (χ2n) is 2.54. The molecule has 68 valence electrons. The van der Waals surface area contributed by atoms with Gasteiger partial charge in [-0.1, -0.05) is 0 Å². The molecule has 0 fully saturated rings. The summed E-state index contributed by atoms with van der Waals surface area (Å²) in [6.07, 6.45) is 0. The van der Waals surface area contributed by atoms with Crippen LogP contribution in [0.2, 0.25) is 5.22 Å². The molecule has 5 heteroatoms. The lowest BCUT2D eigenvalue weighted by Crippen LogP contribution is -1.79. The van der Waals surface area contributed by atoms with E-state index in [0.29, 0.717) is 22.4 Å². The molecule has 2 N–H and O–H groups in total. The standard InChI is InChI=1S/C8H7ClN2O2/c9-8-2-1-7(13-8)6-3-5(4-12)10-11-6/h1-3,12H,4H2,(H,10,11). The molecule has 13 heavy (non-hydrogen) atoms. The Morgan fingerprint density at radius 2 is 2.38 bits per heavy atom. The van der Waals surface area contributed by atoms with Crippen LogP contribution in [0.3, 0.4) is 0 Å². The van der Waals surface area contributed by atoms with Gasteiger partial charge in [-0.05, 0) is 29.8 Å². The largest absolute Gasteiger partial charge is 0.443 e. The fraction of sp³-hybridized carbons (Fsp3) is 0.125. The van der Waals surface area contributed by atoms with Gasteiger partial charge >= 0.3 is 0 Å². The van der Waals surface area contributed by atoms with E-state index in [1.165, 1.54) is 0 Å². The number of aromatic amines is 1. The number of nitrogens with zero attached hydrogens (tertiary/aromatic N) is 1. The summed E-state index contributed by atoms with van der Waals surface area (Å²) < 4.78 is 5.13. The van der Waals surface area contributed by atoms with Crippen molar-refractivity contribution in [3.63, 3.8) is 0 Å². The maximum atomic E-state index is 8.78. The minimum absolute atomic E-state index is 0.0680. The Labute approximate surface area is 79.1 Å². The van der Waals surface area contributed by atoms with Crippen LogP contribution in [-0.4, -0.2) is 15.3 Å². The first-order valence-electron chi connectivity index (χ1n) is 3.70. The van der Waals surface area contributed by atoms with Crippen LogP contribution in [0.4, 0.5) is 0 Å². The van der Waals surface area contributed by atoms with Gasteiger partial charge in [-0.25, -0.2) is 0 Å². The molecule has 0 saturated carbocycles. The molecule has 0 amide bonds. The molecule has 0 atom stereocenters. The summed E-state index contributed by atoms with van der Waals surface area (Å²) in [5.41, 5.74) is 1.28. The van der Waals surface area contributed by atoms with E-state index in [2.05, 4.69) is 10.2 Å². The number of hydrogen-bond donors (Lipinski definition) is 2. The van der Waals surface area contributed by atoms with E-state index in [9.17, 15) is 0 Å². The van der Waals surface area contributed by atoms with Crippen molar-refractivity contribution in [2.24, 2.45) is 0 Å². The summed E-state index contributed by atoms with van der Waals surface area (Å²) in [5.74, 6) is 0.584. The van der Waals surface area contributed by atoms with Crippen LogP contribution in [0.1, 0.15) is 5.69 Å². The molecule has 0 aliphatic rings. The zero-order valence-corrected chi connectivity index (χ0v) is 7.38. The molecule has 0 aliphatic heterocycles. The van der Waals surface area contributed by atoms with Crippen molar-refractivity contribution in [3.8, 4) is 11.5 Å². The van der Waals surface area contributed by atoms with Crippen molar-refractivity contribution in [2.45, 2.75) is 6.61 Å². The second kappa shape index (κ2) is 3.24. The van der Waals surface area contributed by atoms with Crippen LogP contribution in [0, 0.1) is 0 Å². The average molecular weight is 199 g/mol. The number of aromatic nitrogens is 2. The van der Waals surface area contributed by atoms with Gasteiger partial charge in [-0.3, -0.25) is 5.10 Å². The maximum Gasteiger partial charge on any atom is 0.194 e. The lowest BCUT2D eigenvalue weighted by molar-refractivity contribution is 0.276. The summed E-state index contributed by atoms with van der Waals surface area (Å²) in [4.78, 5) is 0. The minimum Gasteiger partial charge on any atom is -0.443 e. The first kappa shape index (κ1) is 8.34.